The largest absolute Gasteiger partial charge is 0.493 e. The van der Waals surface area contributed by atoms with Crippen molar-refractivity contribution >= 4 is 11.6 Å². The van der Waals surface area contributed by atoms with Crippen LogP contribution in [0.4, 0.5) is 0 Å². The van der Waals surface area contributed by atoms with Crippen LogP contribution in [-0.2, 0) is 13.0 Å². The Labute approximate surface area is 141 Å². The quantitative estimate of drug-likeness (QED) is 0.808. The SMILES string of the molecule is COc1cccc(C=C(C#N)c2nnc3n2CCCCC3)c1OC. The maximum absolute atomic E-state index is 9.65. The normalized spacial score (nSPS) is 14.5. The van der Waals surface area contributed by atoms with Gasteiger partial charge in [-0.3, -0.25) is 0 Å². The second kappa shape index (κ2) is 7.18. The number of hydrogen-bond donors (Lipinski definition) is 0. The van der Waals surface area contributed by atoms with Gasteiger partial charge >= 0.3 is 0 Å². The van der Waals surface area contributed by atoms with Crippen LogP contribution in [0.2, 0.25) is 0 Å². The van der Waals surface area contributed by atoms with Gasteiger partial charge in [-0.15, -0.1) is 10.2 Å². The molecule has 124 valence electrons. The number of para-hydroxylation sites is 1. The third kappa shape index (κ3) is 2.98. The first-order valence-electron chi connectivity index (χ1n) is 8.03. The summed E-state index contributed by atoms with van der Waals surface area (Å²) in [5.41, 5.74) is 1.25. The highest BCUT2D eigenvalue weighted by atomic mass is 16.5. The predicted octanol–water partition coefficient (Wildman–Crippen LogP) is 3.09. The summed E-state index contributed by atoms with van der Waals surface area (Å²) in [6, 6.07) is 7.83. The van der Waals surface area contributed by atoms with Crippen LogP contribution in [-0.4, -0.2) is 29.0 Å². The van der Waals surface area contributed by atoms with Crippen molar-refractivity contribution in [3.8, 4) is 17.6 Å². The van der Waals surface area contributed by atoms with Crippen molar-refractivity contribution in [1.29, 1.82) is 5.26 Å². The van der Waals surface area contributed by atoms with E-state index in [4.69, 9.17) is 9.47 Å². The lowest BCUT2D eigenvalue weighted by molar-refractivity contribution is 0.354. The minimum absolute atomic E-state index is 0.474. The lowest BCUT2D eigenvalue weighted by Crippen LogP contribution is -2.05. The Morgan fingerprint density at radius 1 is 1.21 bits per heavy atom. The van der Waals surface area contributed by atoms with Crippen molar-refractivity contribution < 1.29 is 9.47 Å². The molecule has 24 heavy (non-hydrogen) atoms. The highest BCUT2D eigenvalue weighted by Crippen LogP contribution is 2.33. The zero-order valence-corrected chi connectivity index (χ0v) is 14.0. The van der Waals surface area contributed by atoms with E-state index in [0.717, 1.165) is 37.2 Å². The van der Waals surface area contributed by atoms with E-state index in [1.807, 2.05) is 18.2 Å². The highest BCUT2D eigenvalue weighted by Gasteiger charge is 2.18. The van der Waals surface area contributed by atoms with Gasteiger partial charge in [0.1, 0.15) is 11.9 Å². The van der Waals surface area contributed by atoms with E-state index in [9.17, 15) is 5.26 Å². The minimum Gasteiger partial charge on any atom is -0.493 e. The van der Waals surface area contributed by atoms with E-state index in [2.05, 4.69) is 20.8 Å². The number of rotatable bonds is 4. The molecule has 0 unspecified atom stereocenters. The number of nitriles is 1. The lowest BCUT2D eigenvalue weighted by atomic mass is 10.1. The fourth-order valence-corrected chi connectivity index (χ4v) is 3.01. The molecule has 0 N–H and O–H groups in total. The van der Waals surface area contributed by atoms with Crippen molar-refractivity contribution in [2.24, 2.45) is 0 Å². The van der Waals surface area contributed by atoms with Gasteiger partial charge in [-0.05, 0) is 25.0 Å². The molecule has 2 aromatic rings. The van der Waals surface area contributed by atoms with Crippen LogP contribution in [0.15, 0.2) is 18.2 Å². The molecule has 6 heteroatoms. The fraction of sp³-hybridized carbons (Fsp3) is 0.389. The molecule has 0 aliphatic carbocycles. The summed E-state index contributed by atoms with van der Waals surface area (Å²) in [4.78, 5) is 0. The topological polar surface area (TPSA) is 73.0 Å². The average Bonchev–Trinajstić information content (AvgIpc) is 2.87. The highest BCUT2D eigenvalue weighted by molar-refractivity contribution is 5.89. The van der Waals surface area contributed by atoms with Gasteiger partial charge in [0.05, 0.1) is 19.8 Å². The summed E-state index contributed by atoms with van der Waals surface area (Å²) >= 11 is 0. The molecule has 0 bridgehead atoms. The third-order valence-electron chi connectivity index (χ3n) is 4.20. The van der Waals surface area contributed by atoms with E-state index in [-0.39, 0.29) is 0 Å². The van der Waals surface area contributed by atoms with Crippen LogP contribution in [0.25, 0.3) is 11.6 Å². The number of nitrogens with zero attached hydrogens (tertiary/aromatic N) is 4. The number of fused-ring (bicyclic) bond motifs is 1. The van der Waals surface area contributed by atoms with Crippen LogP contribution in [0.1, 0.15) is 36.5 Å². The second-order valence-corrected chi connectivity index (χ2v) is 5.65. The summed E-state index contributed by atoms with van der Waals surface area (Å²) in [7, 11) is 3.18. The Morgan fingerprint density at radius 2 is 2.08 bits per heavy atom. The molecule has 1 aliphatic rings. The first-order valence-corrected chi connectivity index (χ1v) is 8.03. The molecular weight excluding hydrogens is 304 g/mol. The zero-order valence-electron chi connectivity index (χ0n) is 14.0. The molecule has 3 rings (SSSR count). The molecule has 0 atom stereocenters. The zero-order chi connectivity index (χ0) is 16.9. The molecule has 1 aliphatic heterocycles. The molecule has 0 saturated heterocycles. The predicted molar refractivity (Wildman–Crippen MR) is 90.6 cm³/mol. The van der Waals surface area contributed by atoms with Crippen LogP contribution in [0, 0.1) is 11.3 Å². The van der Waals surface area contributed by atoms with Gasteiger partial charge in [0, 0.05) is 18.5 Å². The maximum atomic E-state index is 9.65. The standard InChI is InChI=1S/C18H20N4O2/c1-23-15-8-6-7-13(17(15)24-2)11-14(12-19)18-21-20-16-9-4-3-5-10-22(16)18/h6-8,11H,3-5,9-10H2,1-2H3. The van der Waals surface area contributed by atoms with Gasteiger partial charge < -0.3 is 14.0 Å². The number of ether oxygens (including phenoxy) is 2. The Kier molecular flexibility index (Phi) is 4.80. The molecule has 1 aromatic carbocycles. The summed E-state index contributed by atoms with van der Waals surface area (Å²) in [6.45, 7) is 0.853. The molecule has 0 saturated carbocycles. The molecule has 2 heterocycles. The maximum Gasteiger partial charge on any atom is 0.174 e. The molecule has 6 nitrogen and oxygen atoms in total. The number of benzene rings is 1. The first-order chi connectivity index (χ1) is 11.8. The van der Waals surface area contributed by atoms with Crippen LogP contribution in [0.5, 0.6) is 11.5 Å². The number of aryl methyl sites for hydroxylation is 1. The summed E-state index contributed by atoms with van der Waals surface area (Å²) in [6.07, 6.45) is 6.07. The molecule has 1 aromatic heterocycles. The molecule has 0 radical (unpaired) electrons. The van der Waals surface area contributed by atoms with Crippen LogP contribution in [0.3, 0.4) is 0 Å². The van der Waals surface area contributed by atoms with E-state index < -0.39 is 0 Å². The van der Waals surface area contributed by atoms with Gasteiger partial charge in [-0.2, -0.15) is 5.26 Å². The van der Waals surface area contributed by atoms with Crippen molar-refractivity contribution in [3.63, 3.8) is 0 Å². The Bertz CT molecular complexity index is 802. The lowest BCUT2D eigenvalue weighted by Gasteiger charge is -2.11. The van der Waals surface area contributed by atoms with Gasteiger partial charge in [0.25, 0.3) is 0 Å². The first kappa shape index (κ1) is 16.1. The van der Waals surface area contributed by atoms with E-state index in [1.165, 1.54) is 6.42 Å². The monoisotopic (exact) mass is 324 g/mol. The smallest absolute Gasteiger partial charge is 0.174 e. The molecular formula is C18H20N4O2. The summed E-state index contributed by atoms with van der Waals surface area (Å²) < 4.78 is 12.8. The third-order valence-corrected chi connectivity index (χ3v) is 4.20. The number of methoxy groups -OCH3 is 2. The van der Waals surface area contributed by atoms with E-state index in [1.54, 1.807) is 20.3 Å². The van der Waals surface area contributed by atoms with Crippen molar-refractivity contribution in [3.05, 3.63) is 35.4 Å². The van der Waals surface area contributed by atoms with Crippen molar-refractivity contribution in [2.75, 3.05) is 14.2 Å². The van der Waals surface area contributed by atoms with Gasteiger partial charge in [-0.1, -0.05) is 18.6 Å². The molecule has 0 amide bonds. The molecule has 0 fully saturated rings. The van der Waals surface area contributed by atoms with E-state index in [0.29, 0.717) is 22.9 Å². The van der Waals surface area contributed by atoms with Crippen LogP contribution >= 0.6 is 0 Å². The van der Waals surface area contributed by atoms with Crippen LogP contribution < -0.4 is 9.47 Å². The van der Waals surface area contributed by atoms with Crippen molar-refractivity contribution in [2.45, 2.75) is 32.2 Å². The second-order valence-electron chi connectivity index (χ2n) is 5.65. The van der Waals surface area contributed by atoms with Gasteiger partial charge in [0.15, 0.2) is 17.3 Å². The van der Waals surface area contributed by atoms with Crippen molar-refractivity contribution in [1.82, 2.24) is 14.8 Å². The number of aromatic nitrogens is 3. The fourth-order valence-electron chi connectivity index (χ4n) is 3.01. The minimum atomic E-state index is 0.474. The van der Waals surface area contributed by atoms with Gasteiger partial charge in [-0.25, -0.2) is 0 Å². The number of hydrogen-bond acceptors (Lipinski definition) is 5. The van der Waals surface area contributed by atoms with E-state index >= 15 is 0 Å². The Hall–Kier alpha value is -2.81. The average molecular weight is 324 g/mol. The van der Waals surface area contributed by atoms with Gasteiger partial charge in [0.2, 0.25) is 0 Å². The summed E-state index contributed by atoms with van der Waals surface area (Å²) in [5, 5.41) is 18.2. The molecule has 0 spiro atoms. The summed E-state index contributed by atoms with van der Waals surface area (Å²) in [5.74, 6) is 2.81. The Morgan fingerprint density at radius 3 is 2.83 bits per heavy atom. The number of allylic oxidation sites excluding steroid dienone is 1. The Balaban J connectivity index is 2.06.